The third-order valence-corrected chi connectivity index (χ3v) is 3.42. The third-order valence-electron chi connectivity index (χ3n) is 3.18. The van der Waals surface area contributed by atoms with Crippen molar-refractivity contribution in [3.8, 4) is 5.75 Å². The number of aliphatic hydroxyl groups excluding tert-OH is 1. The number of carbonyl (C=O) groups is 1. The van der Waals surface area contributed by atoms with Crippen molar-refractivity contribution in [1.29, 1.82) is 0 Å². The Bertz CT molecular complexity index is 437. The van der Waals surface area contributed by atoms with Gasteiger partial charge in [0.15, 0.2) is 0 Å². The maximum atomic E-state index is 12.0. The lowest BCUT2D eigenvalue weighted by atomic mass is 10.0. The highest BCUT2D eigenvalue weighted by atomic mass is 35.5. The first-order chi connectivity index (χ1) is 8.99. The SMILES string of the molecule is CCC(C)C(O)CNC(=O)c1ccc(Cl)cc1OC. The fourth-order valence-electron chi connectivity index (χ4n) is 1.62. The fraction of sp³-hybridized carbons (Fsp3) is 0.500. The van der Waals surface area contributed by atoms with Gasteiger partial charge in [0.2, 0.25) is 0 Å². The number of nitrogens with one attached hydrogen (secondary N) is 1. The van der Waals surface area contributed by atoms with E-state index in [0.717, 1.165) is 6.42 Å². The van der Waals surface area contributed by atoms with E-state index in [9.17, 15) is 9.90 Å². The molecule has 1 aromatic rings. The Morgan fingerprint density at radius 3 is 2.79 bits per heavy atom. The van der Waals surface area contributed by atoms with Crippen LogP contribution in [0.5, 0.6) is 5.75 Å². The average Bonchev–Trinajstić information content (AvgIpc) is 2.43. The molecule has 2 N–H and O–H groups in total. The van der Waals surface area contributed by atoms with Crippen LogP contribution in [-0.2, 0) is 0 Å². The minimum absolute atomic E-state index is 0.146. The van der Waals surface area contributed by atoms with Gasteiger partial charge in [-0.1, -0.05) is 31.9 Å². The van der Waals surface area contributed by atoms with Crippen LogP contribution in [0, 0.1) is 5.92 Å². The van der Waals surface area contributed by atoms with E-state index in [1.165, 1.54) is 7.11 Å². The minimum atomic E-state index is -0.549. The number of aliphatic hydroxyl groups is 1. The summed E-state index contributed by atoms with van der Waals surface area (Å²) in [5, 5.41) is 13.0. The second-order valence-electron chi connectivity index (χ2n) is 4.51. The summed E-state index contributed by atoms with van der Waals surface area (Å²) < 4.78 is 5.11. The fourth-order valence-corrected chi connectivity index (χ4v) is 1.78. The molecule has 2 unspecified atom stereocenters. The predicted octanol–water partition coefficient (Wildman–Crippen LogP) is 2.49. The van der Waals surface area contributed by atoms with Gasteiger partial charge in [-0.15, -0.1) is 0 Å². The van der Waals surface area contributed by atoms with Crippen molar-refractivity contribution >= 4 is 17.5 Å². The topological polar surface area (TPSA) is 58.6 Å². The van der Waals surface area contributed by atoms with Crippen LogP contribution in [0.1, 0.15) is 30.6 Å². The number of hydrogen-bond acceptors (Lipinski definition) is 3. The Labute approximate surface area is 118 Å². The lowest BCUT2D eigenvalue weighted by Crippen LogP contribution is -2.35. The van der Waals surface area contributed by atoms with Crippen molar-refractivity contribution in [2.75, 3.05) is 13.7 Å². The second kappa shape index (κ2) is 7.36. The van der Waals surface area contributed by atoms with Gasteiger partial charge in [-0.2, -0.15) is 0 Å². The molecule has 106 valence electrons. The molecule has 2 atom stereocenters. The van der Waals surface area contributed by atoms with Crippen LogP contribution in [0.15, 0.2) is 18.2 Å². The van der Waals surface area contributed by atoms with Crippen LogP contribution in [0.25, 0.3) is 0 Å². The summed E-state index contributed by atoms with van der Waals surface area (Å²) in [7, 11) is 1.48. The highest BCUT2D eigenvalue weighted by molar-refractivity contribution is 6.30. The standard InChI is InChI=1S/C14H20ClNO3/c1-4-9(2)12(17)8-16-14(18)11-6-5-10(15)7-13(11)19-3/h5-7,9,12,17H,4,8H2,1-3H3,(H,16,18). The maximum absolute atomic E-state index is 12.0. The van der Waals surface area contributed by atoms with Gasteiger partial charge >= 0.3 is 0 Å². The molecular formula is C14H20ClNO3. The highest BCUT2D eigenvalue weighted by Crippen LogP contribution is 2.23. The Kier molecular flexibility index (Phi) is 6.12. The number of ether oxygens (including phenoxy) is 1. The molecular weight excluding hydrogens is 266 g/mol. The van der Waals surface area contributed by atoms with Crippen molar-refractivity contribution in [2.24, 2.45) is 5.92 Å². The molecule has 0 spiro atoms. The molecule has 0 saturated carbocycles. The third kappa shape index (κ3) is 4.40. The normalized spacial score (nSPS) is 13.7. The number of halogens is 1. The Balaban J connectivity index is 2.68. The largest absolute Gasteiger partial charge is 0.496 e. The summed E-state index contributed by atoms with van der Waals surface area (Å²) in [5.41, 5.74) is 0.406. The molecule has 1 rings (SSSR count). The first-order valence-corrected chi connectivity index (χ1v) is 6.67. The Morgan fingerprint density at radius 2 is 2.21 bits per heavy atom. The molecule has 0 aliphatic carbocycles. The van der Waals surface area contributed by atoms with Crippen molar-refractivity contribution in [2.45, 2.75) is 26.4 Å². The molecule has 5 heteroatoms. The van der Waals surface area contributed by atoms with Gasteiger partial charge in [-0.05, 0) is 24.1 Å². The molecule has 0 bridgehead atoms. The van der Waals surface area contributed by atoms with Crippen LogP contribution in [0.2, 0.25) is 5.02 Å². The molecule has 0 aliphatic heterocycles. The van der Waals surface area contributed by atoms with Gasteiger partial charge in [0.1, 0.15) is 5.75 Å². The molecule has 1 amide bonds. The minimum Gasteiger partial charge on any atom is -0.496 e. The number of amides is 1. The predicted molar refractivity (Wildman–Crippen MR) is 75.8 cm³/mol. The van der Waals surface area contributed by atoms with Crippen LogP contribution in [-0.4, -0.2) is 30.8 Å². The summed E-state index contributed by atoms with van der Waals surface area (Å²) in [5.74, 6) is 0.284. The lowest BCUT2D eigenvalue weighted by molar-refractivity contribution is 0.0847. The van der Waals surface area contributed by atoms with Gasteiger partial charge < -0.3 is 15.2 Å². The molecule has 1 aromatic carbocycles. The average molecular weight is 286 g/mol. The van der Waals surface area contributed by atoms with E-state index in [-0.39, 0.29) is 18.4 Å². The monoisotopic (exact) mass is 285 g/mol. The molecule has 0 heterocycles. The molecule has 0 fully saturated rings. The van der Waals surface area contributed by atoms with Crippen LogP contribution in [0.4, 0.5) is 0 Å². The van der Waals surface area contributed by atoms with Gasteiger partial charge in [0, 0.05) is 11.6 Å². The first kappa shape index (κ1) is 15.8. The Hall–Kier alpha value is -1.26. The Morgan fingerprint density at radius 1 is 1.53 bits per heavy atom. The van der Waals surface area contributed by atoms with Crippen molar-refractivity contribution in [1.82, 2.24) is 5.32 Å². The van der Waals surface area contributed by atoms with E-state index in [2.05, 4.69) is 5.32 Å². The van der Waals surface area contributed by atoms with Gasteiger partial charge in [-0.25, -0.2) is 0 Å². The highest BCUT2D eigenvalue weighted by Gasteiger charge is 2.16. The summed E-state index contributed by atoms with van der Waals surface area (Å²) >= 11 is 5.84. The lowest BCUT2D eigenvalue weighted by Gasteiger charge is -2.18. The zero-order chi connectivity index (χ0) is 14.4. The zero-order valence-electron chi connectivity index (χ0n) is 11.4. The van der Waals surface area contributed by atoms with Gasteiger partial charge in [0.05, 0.1) is 18.8 Å². The molecule has 0 radical (unpaired) electrons. The summed E-state index contributed by atoms with van der Waals surface area (Å²) in [4.78, 5) is 12.0. The van der Waals surface area contributed by atoms with Gasteiger partial charge in [0.25, 0.3) is 5.91 Å². The molecule has 19 heavy (non-hydrogen) atoms. The summed E-state index contributed by atoms with van der Waals surface area (Å²) in [6.45, 7) is 4.16. The number of benzene rings is 1. The molecule has 0 saturated heterocycles. The second-order valence-corrected chi connectivity index (χ2v) is 4.94. The summed E-state index contributed by atoms with van der Waals surface area (Å²) in [6.07, 6.45) is 0.314. The van der Waals surface area contributed by atoms with E-state index in [0.29, 0.717) is 16.3 Å². The number of carbonyl (C=O) groups excluding carboxylic acids is 1. The molecule has 4 nitrogen and oxygen atoms in total. The number of rotatable bonds is 6. The maximum Gasteiger partial charge on any atom is 0.255 e. The van der Waals surface area contributed by atoms with Crippen LogP contribution in [0.3, 0.4) is 0 Å². The summed E-state index contributed by atoms with van der Waals surface area (Å²) in [6, 6.07) is 4.82. The number of methoxy groups -OCH3 is 1. The molecule has 0 aliphatic rings. The van der Waals surface area contributed by atoms with E-state index < -0.39 is 6.10 Å². The zero-order valence-corrected chi connectivity index (χ0v) is 12.2. The van der Waals surface area contributed by atoms with E-state index in [1.54, 1.807) is 18.2 Å². The van der Waals surface area contributed by atoms with Crippen LogP contribution < -0.4 is 10.1 Å². The first-order valence-electron chi connectivity index (χ1n) is 6.29. The number of hydrogen-bond donors (Lipinski definition) is 2. The van der Waals surface area contributed by atoms with Crippen LogP contribution >= 0.6 is 11.6 Å². The quantitative estimate of drug-likeness (QED) is 0.844. The van der Waals surface area contributed by atoms with Crippen molar-refractivity contribution in [3.63, 3.8) is 0 Å². The van der Waals surface area contributed by atoms with E-state index in [1.807, 2.05) is 13.8 Å². The van der Waals surface area contributed by atoms with E-state index in [4.69, 9.17) is 16.3 Å². The van der Waals surface area contributed by atoms with Gasteiger partial charge in [-0.3, -0.25) is 4.79 Å². The van der Waals surface area contributed by atoms with E-state index >= 15 is 0 Å². The smallest absolute Gasteiger partial charge is 0.255 e. The molecule has 0 aromatic heterocycles. The van der Waals surface area contributed by atoms with Crippen molar-refractivity contribution in [3.05, 3.63) is 28.8 Å². The van der Waals surface area contributed by atoms with Crippen molar-refractivity contribution < 1.29 is 14.6 Å².